The summed E-state index contributed by atoms with van der Waals surface area (Å²) in [6.45, 7) is 0. The van der Waals surface area contributed by atoms with E-state index in [0.717, 1.165) is 0 Å². The summed E-state index contributed by atoms with van der Waals surface area (Å²) in [5, 5.41) is 0. The van der Waals surface area contributed by atoms with Crippen LogP contribution in [0.3, 0.4) is 0 Å². The lowest BCUT2D eigenvalue weighted by atomic mass is 12.0. The Balaban J connectivity index is -0.00000000343. The summed E-state index contributed by atoms with van der Waals surface area (Å²) in [4.78, 5) is 0. The van der Waals surface area contributed by atoms with Gasteiger partial charge in [0.1, 0.15) is 0 Å². The van der Waals surface area contributed by atoms with E-state index in [2.05, 4.69) is 0 Å². The zero-order chi connectivity index (χ0) is 100. The summed E-state index contributed by atoms with van der Waals surface area (Å²) in [5.74, 6) is 0. The highest BCUT2D eigenvalue weighted by molar-refractivity contribution is 2.51. The molecule has 0 rings (SSSR count). The van der Waals surface area contributed by atoms with Crippen molar-refractivity contribution in [2.45, 2.75) is 89.1 Å². The Bertz CT molecular complexity index is 55.7. The Hall–Kier alpha value is 0. The van der Waals surface area contributed by atoms with Gasteiger partial charge >= 0.3 is 0 Å². The predicted molar refractivity (Wildman–Crippen MR) is 195 cm³/mol. The van der Waals surface area contributed by atoms with Crippen LogP contribution in [0.15, 0.2) is 0 Å². The normalized spacial score (nSPS) is 33.3. The molecular formula is C12H156. The summed E-state index contributed by atoms with van der Waals surface area (Å²) in [7, 11) is 0. The summed E-state index contributed by atoms with van der Waals surface area (Å²) in [6, 6.07) is 0. The van der Waals surface area contributed by atoms with Gasteiger partial charge in [-0.25, -0.2) is 0 Å². The van der Waals surface area contributed by atoms with Gasteiger partial charge in [0, 0.05) is 154 Å². The van der Waals surface area contributed by atoms with E-state index in [1.54, 1.807) is 0 Å². The molecule has 0 fully saturated rings. The second kappa shape index (κ2) is 0. The van der Waals surface area contributed by atoms with Crippen LogP contribution in [0.5, 0.6) is 0 Å². The fourth-order valence-corrected chi connectivity index (χ4v) is 0. The average molecular weight is 406 g/mol. The van der Waals surface area contributed by atoms with Crippen LogP contribution in [0.4, 0.5) is 0 Å². The molecule has 0 N–H and O–H groups in total. The van der Waals surface area contributed by atoms with Crippen LogP contribution in [0.1, 0.15) is 243 Å². The summed E-state index contributed by atoms with van der Waals surface area (Å²) < 4.78 is 500. The van der Waals surface area contributed by atoms with Crippen LogP contribution in [-0.4, -0.2) is 0 Å². The molecule has 0 amide bonds. The Morgan fingerprint density at radius 3 is 0.250 bits per heavy atom. The van der Waals surface area contributed by atoms with E-state index in [0.29, 0.717) is 0 Å². The molecule has 0 bridgehead atoms. The molecule has 0 saturated heterocycles. The van der Waals surface area contributed by atoms with E-state index in [4.69, 9.17) is 148 Å². The minimum absolute atomic E-state index is 0. The Morgan fingerprint density at radius 1 is 0.250 bits per heavy atom. The van der Waals surface area contributed by atoms with E-state index in [1.165, 1.54) is 0 Å². The second-order valence-corrected chi connectivity index (χ2v) is 0. The molecule has 204 valence electrons. The van der Waals surface area contributed by atoms with Crippen molar-refractivity contribution in [3.63, 3.8) is 0 Å². The fraction of sp³-hybridized carbons (Fsp3) is 1.00. The maximum Gasteiger partial charge on any atom is 0 e. The van der Waals surface area contributed by atoms with Gasteiger partial charge in [-0.1, -0.05) is 89.1 Å². The van der Waals surface area contributed by atoms with Gasteiger partial charge in [-0.3, -0.25) is 0 Å². The first-order chi connectivity index (χ1) is 50.0. The molecule has 12 heavy (non-hydrogen) atoms. The van der Waals surface area contributed by atoms with E-state index in [9.17, 15) is 0 Å². The van der Waals surface area contributed by atoms with Crippen LogP contribution in [0.2, 0.25) is 0 Å². The zero-order valence-corrected chi connectivity index (χ0v) is 0. The highest BCUT2D eigenvalue weighted by Gasteiger charge is -0.0666. The minimum Gasteiger partial charge on any atom is -0.0776 e. The Morgan fingerprint density at radius 2 is 0.250 bits per heavy atom. The molecular weight excluding hydrogens is 144 g/mol. The van der Waals surface area contributed by atoms with Gasteiger partial charge in [-0.2, -0.15) is 0 Å². The van der Waals surface area contributed by atoms with Gasteiger partial charge in [0.15, 0.2) is 0 Å². The van der Waals surface area contributed by atoms with Crippen LogP contribution in [0, 0.1) is 0 Å². The van der Waals surface area contributed by atoms with E-state index in [-0.39, 0.29) is 94.8 Å². The van der Waals surface area contributed by atoms with Crippen molar-refractivity contribution in [3.8, 4) is 0 Å². The largest absolute Gasteiger partial charge is 0.0776 e. The van der Waals surface area contributed by atoms with Crippen molar-refractivity contribution < 1.29 is 154 Å². The third-order valence-corrected chi connectivity index (χ3v) is 0. The molecule has 0 aliphatic heterocycles. The fourth-order valence-electron chi connectivity index (χ4n) is 0. The molecule has 0 aromatic carbocycles. The van der Waals surface area contributed by atoms with Crippen LogP contribution < -0.4 is 0 Å². The smallest absolute Gasteiger partial charge is 0 e. The standard InChI is InChI=1S/12CH4.54H2/h12*1H4;54*1H/i;;;;;;;;;;;;50*1+1D;4*1+1. The van der Waals surface area contributed by atoms with Crippen molar-refractivity contribution in [3.05, 3.63) is 0 Å². The van der Waals surface area contributed by atoms with Crippen molar-refractivity contribution in [1.29, 1.82) is 0 Å². The molecule has 0 aliphatic rings. The van der Waals surface area contributed by atoms with Crippen molar-refractivity contribution in [1.82, 2.24) is 0 Å². The van der Waals surface area contributed by atoms with Crippen LogP contribution in [-0.2, 0) is 0 Å². The molecule has 0 spiro atoms. The molecule has 0 radical (unpaired) electrons. The lowest BCUT2D eigenvalue weighted by Gasteiger charge is -0.0786. The molecule has 0 unspecified atom stereocenters. The summed E-state index contributed by atoms with van der Waals surface area (Å²) in [6.07, 6.45) is 0. The van der Waals surface area contributed by atoms with Crippen molar-refractivity contribution in [2.75, 3.05) is 0 Å². The van der Waals surface area contributed by atoms with Gasteiger partial charge < -0.3 is 0 Å². The highest BCUT2D eigenvalue weighted by atomic mass is 12.0. The summed E-state index contributed by atoms with van der Waals surface area (Å²) in [5.41, 5.74) is 0. The minimum atomic E-state index is 0. The second-order valence-electron chi connectivity index (χ2n) is 0. The highest BCUT2D eigenvalue weighted by Crippen LogP contribution is 0.155. The van der Waals surface area contributed by atoms with Gasteiger partial charge in [0.25, 0.3) is 0 Å². The van der Waals surface area contributed by atoms with Crippen LogP contribution in [0.25, 0.3) is 0 Å². The molecule has 0 saturated carbocycles. The lowest BCUT2D eigenvalue weighted by molar-refractivity contribution is 2.50. The topological polar surface area (TPSA) is 0 Å². The monoisotopic (exact) mass is 406 g/mol. The van der Waals surface area contributed by atoms with Crippen LogP contribution >= 0.6 is 0 Å². The third-order valence-electron chi connectivity index (χ3n) is 0. The van der Waals surface area contributed by atoms with Gasteiger partial charge in [0.2, 0.25) is 0 Å². The molecule has 0 atom stereocenters. The van der Waals surface area contributed by atoms with Crippen molar-refractivity contribution in [2.24, 2.45) is 0 Å². The average Bonchev–Trinajstić information content (AvgIpc) is 3.87. The molecule has 0 heteroatoms. The third kappa shape index (κ3) is 0. The van der Waals surface area contributed by atoms with E-state index in [1.807, 2.05) is 0 Å². The summed E-state index contributed by atoms with van der Waals surface area (Å²) >= 11 is 0. The van der Waals surface area contributed by atoms with E-state index >= 15 is 0 Å². The number of hydrogen-bond donors (Lipinski definition) is 0. The van der Waals surface area contributed by atoms with E-state index < -0.39 is 0 Å². The van der Waals surface area contributed by atoms with Gasteiger partial charge in [-0.15, -0.1) is 0 Å². The molecule has 0 heterocycles. The first-order valence-corrected chi connectivity index (χ1v) is 0. The zero-order valence-electron chi connectivity index (χ0n) is 100. The first kappa shape index (κ1) is 0.581. The number of hydrogen-bond acceptors (Lipinski definition) is 0. The van der Waals surface area contributed by atoms with Gasteiger partial charge in [0.05, 0.1) is 0 Å². The molecule has 0 nitrogen and oxygen atoms in total. The first-order valence-electron chi connectivity index (χ1n) is 50.0. The SMILES string of the molecule is C.C.C.C.C.C.C.C.C.C.C.C.[2HH].[2HH].[2HH].[2HH].[2H][2H].[2H][2H].[2H][2H].[2H][2H].[2H][2H].[2H][2H].[2H][2H].[2H][2H].[2H][2H].[2H][2H].[2H][2H].[2H][2H].[2H][2H].[2H][2H].[2H][2H].[2H][2H].[2H][2H].[2H][2H].[2H][2H].[2H][2H].[2H][2H].[2H][2H].[2H][2H].[2H][2H].[2H][2H].[2H][2H].[2H][2H].[2H][2H].[2H][2H].[2H][2H].[2H][2H].[2H][2H].[2H][2H].[2H][2H].[2H][2H].[2H][2H].[2H][2H].[2H][2H].[2H][2H].[2H][2H].[2H][2H].[2H][2H].[2H][2H].[2H][2H].[2H][2H].[2H][2H].[2H][2H].[2H][2H].[2H][2H].[2H][2H]. The number of rotatable bonds is 0. The predicted octanol–water partition coefficient (Wildman–Crippen LogP) is 20.9. The maximum absolute atomic E-state index is 5.00. The maximum atomic E-state index is 5.00. The lowest BCUT2D eigenvalue weighted by Crippen LogP contribution is 0.143. The molecule has 0 aromatic rings. The Kier molecular flexibility index (Phi) is 0. The quantitative estimate of drug-likeness (QED) is 0.375. The molecule has 0 aromatic heterocycles. The van der Waals surface area contributed by atoms with Crippen molar-refractivity contribution >= 4 is 0 Å². The van der Waals surface area contributed by atoms with Gasteiger partial charge in [-0.05, 0) is 0 Å². The Labute approximate surface area is 250 Å². The molecule has 0 aliphatic carbocycles.